The molecule has 0 aliphatic rings. The molecule has 1 aromatic heterocycles. The highest BCUT2D eigenvalue weighted by molar-refractivity contribution is 5.96. The van der Waals surface area contributed by atoms with Gasteiger partial charge in [0.15, 0.2) is 23.8 Å². The first-order chi connectivity index (χ1) is 17.4. The zero-order chi connectivity index (χ0) is 26.1. The van der Waals surface area contributed by atoms with Gasteiger partial charge in [-0.1, -0.05) is 61.9 Å². The summed E-state index contributed by atoms with van der Waals surface area (Å²) in [6.45, 7) is 3.91. The minimum absolute atomic E-state index is 0.0604. The van der Waals surface area contributed by atoms with Gasteiger partial charge in [-0.15, -0.1) is 0 Å². The Morgan fingerprint density at radius 3 is 2.56 bits per heavy atom. The number of amides is 1. The van der Waals surface area contributed by atoms with Crippen molar-refractivity contribution in [2.45, 2.75) is 39.8 Å². The van der Waals surface area contributed by atoms with Crippen LogP contribution in [0.1, 0.15) is 37.8 Å². The van der Waals surface area contributed by atoms with Crippen molar-refractivity contribution in [3.63, 3.8) is 0 Å². The number of nitrogens with one attached hydrogen (secondary N) is 1. The Morgan fingerprint density at radius 1 is 1.14 bits per heavy atom. The molecule has 0 radical (unpaired) electrons. The number of carbonyl (C=O) groups excluding carboxylic acids is 1. The highest BCUT2D eigenvalue weighted by Crippen LogP contribution is 2.29. The summed E-state index contributed by atoms with van der Waals surface area (Å²) in [6, 6.07) is 14.6. The molecule has 190 valence electrons. The predicted octanol–water partition coefficient (Wildman–Crippen LogP) is 3.57. The van der Waals surface area contributed by atoms with E-state index in [9.17, 15) is 14.4 Å². The number of nitrogen functional groups attached to an aromatic ring is 1. The normalized spacial score (nSPS) is 11.0. The van der Waals surface area contributed by atoms with E-state index in [0.717, 1.165) is 17.5 Å². The molecule has 36 heavy (non-hydrogen) atoms. The van der Waals surface area contributed by atoms with E-state index in [2.05, 4.69) is 4.98 Å². The van der Waals surface area contributed by atoms with Gasteiger partial charge in [0.25, 0.3) is 11.5 Å². The van der Waals surface area contributed by atoms with Crippen molar-refractivity contribution in [3.05, 3.63) is 86.6 Å². The van der Waals surface area contributed by atoms with Gasteiger partial charge in [0, 0.05) is 6.54 Å². The van der Waals surface area contributed by atoms with Crippen molar-refractivity contribution in [2.24, 2.45) is 0 Å². The highest BCUT2D eigenvalue weighted by Gasteiger charge is 2.25. The van der Waals surface area contributed by atoms with Crippen LogP contribution in [-0.4, -0.2) is 29.2 Å². The number of methoxy groups -OCH3 is 1. The van der Waals surface area contributed by atoms with Gasteiger partial charge in [0.1, 0.15) is 5.82 Å². The number of nitrogens with two attached hydrogens (primary N) is 1. The second-order valence-electron chi connectivity index (χ2n) is 8.16. The summed E-state index contributed by atoms with van der Waals surface area (Å²) in [7, 11) is 1.52. The average Bonchev–Trinajstić information content (AvgIpc) is 2.87. The van der Waals surface area contributed by atoms with Crippen LogP contribution in [0.2, 0.25) is 0 Å². The molecule has 0 bridgehead atoms. The fourth-order valence-electron chi connectivity index (χ4n) is 3.75. The Balaban J connectivity index is 1.97. The van der Waals surface area contributed by atoms with E-state index in [1.165, 1.54) is 16.6 Å². The lowest BCUT2D eigenvalue weighted by Gasteiger charge is -2.25. The maximum absolute atomic E-state index is 13.5. The number of allylic oxidation sites excluding steroid dienone is 1. The van der Waals surface area contributed by atoms with Crippen LogP contribution in [0.25, 0.3) is 6.08 Å². The zero-order valence-electron chi connectivity index (χ0n) is 20.8. The van der Waals surface area contributed by atoms with Crippen molar-refractivity contribution in [3.8, 4) is 11.5 Å². The first-order valence-electron chi connectivity index (χ1n) is 11.8. The number of hydrogen-bond acceptors (Lipinski definition) is 6. The van der Waals surface area contributed by atoms with Crippen LogP contribution in [-0.2, 0) is 17.9 Å². The van der Waals surface area contributed by atoms with Gasteiger partial charge in [0.2, 0.25) is 0 Å². The molecule has 3 N–H and O–H groups in total. The van der Waals surface area contributed by atoms with E-state index in [0.29, 0.717) is 24.5 Å². The average molecular weight is 493 g/mol. The molecule has 0 saturated carbocycles. The lowest BCUT2D eigenvalue weighted by Crippen LogP contribution is -2.42. The first kappa shape index (κ1) is 26.3. The fourth-order valence-corrected chi connectivity index (χ4v) is 3.75. The van der Waals surface area contributed by atoms with Gasteiger partial charge in [-0.3, -0.25) is 24.0 Å². The molecule has 9 nitrogen and oxygen atoms in total. The summed E-state index contributed by atoms with van der Waals surface area (Å²) in [6.07, 6.45) is 5.34. The van der Waals surface area contributed by atoms with Crippen molar-refractivity contribution >= 4 is 23.5 Å². The van der Waals surface area contributed by atoms with Gasteiger partial charge in [0.05, 0.1) is 13.7 Å². The van der Waals surface area contributed by atoms with E-state index in [1.54, 1.807) is 12.1 Å². The summed E-state index contributed by atoms with van der Waals surface area (Å²) < 4.78 is 12.5. The maximum Gasteiger partial charge on any atom is 0.330 e. The molecule has 0 aliphatic carbocycles. The van der Waals surface area contributed by atoms with E-state index in [4.69, 9.17) is 15.2 Å². The lowest BCUT2D eigenvalue weighted by atomic mass is 10.2. The number of benzene rings is 2. The van der Waals surface area contributed by atoms with Crippen molar-refractivity contribution in [1.29, 1.82) is 0 Å². The molecule has 2 aromatic carbocycles. The first-order valence-corrected chi connectivity index (χ1v) is 11.8. The van der Waals surface area contributed by atoms with Crippen LogP contribution in [0, 0.1) is 0 Å². The monoisotopic (exact) mass is 492 g/mol. The third kappa shape index (κ3) is 6.24. The Hall–Kier alpha value is -4.27. The number of rotatable bonds is 11. The van der Waals surface area contributed by atoms with E-state index in [-0.39, 0.29) is 24.7 Å². The van der Waals surface area contributed by atoms with Crippen LogP contribution >= 0.6 is 0 Å². The molecule has 9 heteroatoms. The number of hydrogen-bond donors (Lipinski definition) is 2. The van der Waals surface area contributed by atoms with Gasteiger partial charge in [-0.2, -0.15) is 0 Å². The van der Waals surface area contributed by atoms with Crippen LogP contribution in [0.5, 0.6) is 11.5 Å². The second-order valence-corrected chi connectivity index (χ2v) is 8.16. The summed E-state index contributed by atoms with van der Waals surface area (Å²) in [5, 5.41) is 0. The molecule has 0 spiro atoms. The molecule has 0 fully saturated rings. The van der Waals surface area contributed by atoms with Gasteiger partial charge in [-0.05, 0) is 36.6 Å². The SMILES string of the molecule is C/C=C/c1ccc(OCC(=O)N(Cc2ccccc2)c2c(N)n(CCCC)c(=O)[nH]c2=O)c(OC)c1. The number of aromatic nitrogens is 2. The Morgan fingerprint density at radius 2 is 1.89 bits per heavy atom. The van der Waals surface area contributed by atoms with E-state index in [1.807, 2.05) is 62.4 Å². The molecule has 0 aliphatic heterocycles. The minimum atomic E-state index is -0.734. The topological polar surface area (TPSA) is 120 Å². The van der Waals surface area contributed by atoms with E-state index >= 15 is 0 Å². The number of unbranched alkanes of at least 4 members (excludes halogenated alkanes) is 1. The van der Waals surface area contributed by atoms with Crippen molar-refractivity contribution in [2.75, 3.05) is 24.4 Å². The number of ether oxygens (including phenoxy) is 2. The molecule has 0 atom stereocenters. The van der Waals surface area contributed by atoms with Crippen molar-refractivity contribution in [1.82, 2.24) is 9.55 Å². The summed E-state index contributed by atoms with van der Waals surface area (Å²) >= 11 is 0. The van der Waals surface area contributed by atoms with Gasteiger partial charge in [-0.25, -0.2) is 4.79 Å². The van der Waals surface area contributed by atoms with Crippen LogP contribution in [0.15, 0.2) is 64.2 Å². The van der Waals surface area contributed by atoms with Gasteiger partial charge < -0.3 is 15.2 Å². The predicted molar refractivity (Wildman–Crippen MR) is 141 cm³/mol. The third-order valence-electron chi connectivity index (χ3n) is 5.60. The third-order valence-corrected chi connectivity index (χ3v) is 5.60. The number of aromatic amines is 1. The molecule has 1 amide bonds. The second kappa shape index (κ2) is 12.4. The van der Waals surface area contributed by atoms with Gasteiger partial charge >= 0.3 is 5.69 Å². The Bertz CT molecular complexity index is 1330. The lowest BCUT2D eigenvalue weighted by molar-refractivity contribution is -0.120. The summed E-state index contributed by atoms with van der Waals surface area (Å²) in [5.74, 6) is 0.290. The van der Waals surface area contributed by atoms with E-state index < -0.39 is 17.2 Å². The van der Waals surface area contributed by atoms with Crippen LogP contribution in [0.4, 0.5) is 11.5 Å². The largest absolute Gasteiger partial charge is 0.493 e. The molecular weight excluding hydrogens is 460 g/mol. The standard InChI is InChI=1S/C27H32N4O5/c1-4-6-15-30-25(28)24(26(33)29-27(30)34)31(17-20-11-8-7-9-12-20)23(32)18-36-21-14-13-19(10-5-2)16-22(21)35-3/h5,7-14,16H,4,6,15,17-18,28H2,1-3H3,(H,29,33,34)/b10-5+. The summed E-state index contributed by atoms with van der Waals surface area (Å²) in [4.78, 5) is 42.3. The van der Waals surface area contributed by atoms with Crippen LogP contribution in [0.3, 0.4) is 0 Å². The maximum atomic E-state index is 13.5. The fraction of sp³-hybridized carbons (Fsp3) is 0.296. The quantitative estimate of drug-likeness (QED) is 0.422. The molecule has 0 unspecified atom stereocenters. The molecule has 3 aromatic rings. The summed E-state index contributed by atoms with van der Waals surface area (Å²) in [5.41, 5.74) is 6.58. The molecular formula is C27H32N4O5. The molecule has 1 heterocycles. The Labute approximate surface area is 209 Å². The number of anilines is 2. The number of nitrogens with zero attached hydrogens (tertiary/aromatic N) is 2. The van der Waals surface area contributed by atoms with Crippen molar-refractivity contribution < 1.29 is 14.3 Å². The Kier molecular flexibility index (Phi) is 9.10. The zero-order valence-corrected chi connectivity index (χ0v) is 20.8. The molecule has 3 rings (SSSR count). The van der Waals surface area contributed by atoms with Crippen LogP contribution < -0.4 is 31.4 Å². The smallest absolute Gasteiger partial charge is 0.330 e. The highest BCUT2D eigenvalue weighted by atomic mass is 16.5. The molecule has 0 saturated heterocycles. The minimum Gasteiger partial charge on any atom is -0.493 e. The number of carbonyl (C=O) groups is 1. The number of H-pyrrole nitrogens is 1.